The van der Waals surface area contributed by atoms with Gasteiger partial charge in [-0.3, -0.25) is 0 Å². The van der Waals surface area contributed by atoms with Gasteiger partial charge in [0, 0.05) is 18.2 Å². The fourth-order valence-corrected chi connectivity index (χ4v) is 2.64. The molecule has 0 spiro atoms. The van der Waals surface area contributed by atoms with Crippen LogP contribution in [0.15, 0.2) is 39.4 Å². The third-order valence-corrected chi connectivity index (χ3v) is 3.52. The van der Waals surface area contributed by atoms with E-state index < -0.39 is 0 Å². The third-order valence-electron chi connectivity index (χ3n) is 3.10. The molecule has 0 amide bonds. The number of rotatable bonds is 1. The van der Waals surface area contributed by atoms with Crippen LogP contribution in [0, 0.1) is 0 Å². The Bertz CT molecular complexity index is 550. The van der Waals surface area contributed by atoms with Crippen LogP contribution in [0.4, 0.5) is 5.69 Å². The van der Waals surface area contributed by atoms with Crippen LogP contribution in [-0.4, -0.2) is 11.7 Å². The largest absolute Gasteiger partial charge is 0.508 e. The molecule has 0 saturated carbocycles. The maximum atomic E-state index is 9.59. The van der Waals surface area contributed by atoms with Gasteiger partial charge in [-0.2, -0.15) is 0 Å². The number of phenols is 1. The molecule has 88 valence electrons. The van der Waals surface area contributed by atoms with E-state index in [1.165, 1.54) is 0 Å². The molecule has 3 rings (SSSR count). The van der Waals surface area contributed by atoms with E-state index in [0.717, 1.165) is 34.6 Å². The number of aromatic hydroxyl groups is 1. The summed E-state index contributed by atoms with van der Waals surface area (Å²) in [4.78, 5) is 0. The van der Waals surface area contributed by atoms with Crippen molar-refractivity contribution in [2.75, 3.05) is 11.9 Å². The highest BCUT2D eigenvalue weighted by atomic mass is 79.9. The molecule has 4 heteroatoms. The SMILES string of the molecule is Oc1ccc2c(c1)C(c1ccc(Br)o1)CCN2. The summed E-state index contributed by atoms with van der Waals surface area (Å²) in [7, 11) is 0. The Morgan fingerprint density at radius 1 is 1.29 bits per heavy atom. The topological polar surface area (TPSA) is 45.4 Å². The molecule has 1 aromatic heterocycles. The Balaban J connectivity index is 2.07. The molecule has 2 aromatic rings. The lowest BCUT2D eigenvalue weighted by atomic mass is 9.89. The highest BCUT2D eigenvalue weighted by Crippen LogP contribution is 2.39. The number of benzene rings is 1. The van der Waals surface area contributed by atoms with Crippen molar-refractivity contribution in [2.24, 2.45) is 0 Å². The van der Waals surface area contributed by atoms with E-state index >= 15 is 0 Å². The lowest BCUT2D eigenvalue weighted by Gasteiger charge is -2.25. The van der Waals surface area contributed by atoms with Crippen LogP contribution < -0.4 is 5.32 Å². The molecule has 17 heavy (non-hydrogen) atoms. The summed E-state index contributed by atoms with van der Waals surface area (Å²) >= 11 is 3.32. The van der Waals surface area contributed by atoms with Crippen LogP contribution in [-0.2, 0) is 0 Å². The molecule has 1 aromatic carbocycles. The molecule has 0 radical (unpaired) electrons. The van der Waals surface area contributed by atoms with Crippen molar-refractivity contribution in [3.63, 3.8) is 0 Å². The van der Waals surface area contributed by atoms with E-state index in [0.29, 0.717) is 5.75 Å². The number of nitrogens with one attached hydrogen (secondary N) is 1. The lowest BCUT2D eigenvalue weighted by Crippen LogP contribution is -2.17. The first-order chi connectivity index (χ1) is 8.24. The van der Waals surface area contributed by atoms with E-state index in [-0.39, 0.29) is 5.92 Å². The van der Waals surface area contributed by atoms with Gasteiger partial charge in [0.1, 0.15) is 11.5 Å². The zero-order chi connectivity index (χ0) is 11.8. The number of anilines is 1. The van der Waals surface area contributed by atoms with Crippen molar-refractivity contribution in [3.05, 3.63) is 46.3 Å². The second kappa shape index (κ2) is 4.11. The fraction of sp³-hybridized carbons (Fsp3) is 0.231. The summed E-state index contributed by atoms with van der Waals surface area (Å²) < 4.78 is 6.37. The van der Waals surface area contributed by atoms with Crippen LogP contribution in [0.1, 0.15) is 23.7 Å². The van der Waals surface area contributed by atoms with Crippen LogP contribution in [0.2, 0.25) is 0 Å². The highest BCUT2D eigenvalue weighted by molar-refractivity contribution is 9.10. The van der Waals surface area contributed by atoms with Gasteiger partial charge in [0.15, 0.2) is 4.67 Å². The van der Waals surface area contributed by atoms with Crippen molar-refractivity contribution >= 4 is 21.6 Å². The van der Waals surface area contributed by atoms with Crippen LogP contribution in [0.3, 0.4) is 0 Å². The van der Waals surface area contributed by atoms with Gasteiger partial charge in [-0.25, -0.2) is 0 Å². The number of halogens is 1. The first-order valence-electron chi connectivity index (χ1n) is 5.56. The molecule has 2 N–H and O–H groups in total. The van der Waals surface area contributed by atoms with Gasteiger partial charge in [-0.05, 0) is 58.2 Å². The molecule has 1 aliphatic rings. The number of hydrogen-bond donors (Lipinski definition) is 2. The Hall–Kier alpha value is -1.42. The van der Waals surface area contributed by atoms with Crippen molar-refractivity contribution in [3.8, 4) is 5.75 Å². The van der Waals surface area contributed by atoms with Gasteiger partial charge in [-0.1, -0.05) is 0 Å². The van der Waals surface area contributed by atoms with Crippen molar-refractivity contribution in [1.82, 2.24) is 0 Å². The summed E-state index contributed by atoms with van der Waals surface area (Å²) in [6.45, 7) is 0.917. The normalized spacial score (nSPS) is 18.5. The quantitative estimate of drug-likeness (QED) is 0.788. The van der Waals surface area contributed by atoms with E-state index in [9.17, 15) is 5.11 Å². The summed E-state index contributed by atoms with van der Waals surface area (Å²) in [5.74, 6) is 1.44. The Morgan fingerprint density at radius 2 is 2.18 bits per heavy atom. The minimum absolute atomic E-state index is 0.213. The number of hydrogen-bond acceptors (Lipinski definition) is 3. The van der Waals surface area contributed by atoms with Crippen LogP contribution in [0.25, 0.3) is 0 Å². The van der Waals surface area contributed by atoms with Gasteiger partial charge in [0.25, 0.3) is 0 Å². The Morgan fingerprint density at radius 3 is 2.94 bits per heavy atom. The first-order valence-corrected chi connectivity index (χ1v) is 6.35. The molecule has 0 fully saturated rings. The minimum Gasteiger partial charge on any atom is -0.508 e. The van der Waals surface area contributed by atoms with Crippen molar-refractivity contribution in [2.45, 2.75) is 12.3 Å². The molecule has 1 aliphatic heterocycles. The standard InChI is InChI=1S/C13H12BrNO2/c14-13-4-3-12(17-13)9-5-6-15-11-2-1-8(16)7-10(9)11/h1-4,7,9,15-16H,5-6H2. The second-order valence-electron chi connectivity index (χ2n) is 4.18. The highest BCUT2D eigenvalue weighted by Gasteiger charge is 2.24. The number of phenolic OH excluding ortho intramolecular Hbond substituents is 1. The first kappa shape index (κ1) is 10.7. The molecule has 2 heterocycles. The Labute approximate surface area is 108 Å². The average molecular weight is 294 g/mol. The monoisotopic (exact) mass is 293 g/mol. The van der Waals surface area contributed by atoms with Crippen molar-refractivity contribution < 1.29 is 9.52 Å². The summed E-state index contributed by atoms with van der Waals surface area (Å²) in [6, 6.07) is 9.30. The van der Waals surface area contributed by atoms with Crippen LogP contribution >= 0.6 is 15.9 Å². The van der Waals surface area contributed by atoms with Crippen LogP contribution in [0.5, 0.6) is 5.75 Å². The predicted octanol–water partition coefficient (Wildman–Crippen LogP) is 3.70. The predicted molar refractivity (Wildman–Crippen MR) is 69.5 cm³/mol. The van der Waals surface area contributed by atoms with Gasteiger partial charge in [-0.15, -0.1) is 0 Å². The summed E-state index contributed by atoms with van der Waals surface area (Å²) in [6.07, 6.45) is 0.969. The summed E-state index contributed by atoms with van der Waals surface area (Å²) in [5, 5.41) is 12.9. The zero-order valence-electron chi connectivity index (χ0n) is 9.11. The molecule has 0 saturated heterocycles. The van der Waals surface area contributed by atoms with E-state index in [1.54, 1.807) is 6.07 Å². The second-order valence-corrected chi connectivity index (χ2v) is 4.96. The molecule has 0 bridgehead atoms. The Kier molecular flexibility index (Phi) is 2.59. The smallest absolute Gasteiger partial charge is 0.169 e. The zero-order valence-corrected chi connectivity index (χ0v) is 10.7. The molecule has 3 nitrogen and oxygen atoms in total. The van der Waals surface area contributed by atoms with Gasteiger partial charge < -0.3 is 14.8 Å². The number of furan rings is 1. The molecule has 1 atom stereocenters. The summed E-state index contributed by atoms with van der Waals surface area (Å²) in [5.41, 5.74) is 2.17. The third kappa shape index (κ3) is 1.93. The fourth-order valence-electron chi connectivity index (χ4n) is 2.32. The molecule has 0 aliphatic carbocycles. The van der Waals surface area contributed by atoms with E-state index in [2.05, 4.69) is 21.2 Å². The maximum Gasteiger partial charge on any atom is 0.169 e. The van der Waals surface area contributed by atoms with Crippen molar-refractivity contribution in [1.29, 1.82) is 0 Å². The molecular weight excluding hydrogens is 282 g/mol. The molecular formula is C13H12BrNO2. The maximum absolute atomic E-state index is 9.59. The minimum atomic E-state index is 0.213. The van der Waals surface area contributed by atoms with Gasteiger partial charge in [0.2, 0.25) is 0 Å². The van der Waals surface area contributed by atoms with E-state index in [1.807, 2.05) is 24.3 Å². The van der Waals surface area contributed by atoms with E-state index in [4.69, 9.17) is 4.42 Å². The molecule has 1 unspecified atom stereocenters. The number of fused-ring (bicyclic) bond motifs is 1. The van der Waals surface area contributed by atoms with Gasteiger partial charge in [0.05, 0.1) is 0 Å². The lowest BCUT2D eigenvalue weighted by molar-refractivity contribution is 0.452. The van der Waals surface area contributed by atoms with Gasteiger partial charge >= 0.3 is 0 Å². The average Bonchev–Trinajstić information content (AvgIpc) is 2.75.